The van der Waals surface area contributed by atoms with Crippen LogP contribution in [0.25, 0.3) is 22.0 Å². The summed E-state index contributed by atoms with van der Waals surface area (Å²) in [6, 6.07) is 7.08. The monoisotopic (exact) mass is 348 g/mol. The summed E-state index contributed by atoms with van der Waals surface area (Å²) in [5, 5.41) is 13.2. The number of hydrogen-bond acceptors (Lipinski definition) is 6. The topological polar surface area (TPSA) is 118 Å². The third kappa shape index (κ3) is 2.80. The van der Waals surface area contributed by atoms with Gasteiger partial charge in [-0.15, -0.1) is 0 Å². The number of nitrogens with two attached hydrogens (primary N) is 1. The molecular weight excluding hydrogens is 335 g/mol. The van der Waals surface area contributed by atoms with Crippen LogP contribution in [0.2, 0.25) is 0 Å². The second kappa shape index (κ2) is 6.04. The number of nitrogens with one attached hydrogen (secondary N) is 1. The fourth-order valence-electron chi connectivity index (χ4n) is 2.73. The van der Waals surface area contributed by atoms with Crippen LogP contribution < -0.4 is 11.1 Å². The van der Waals surface area contributed by atoms with Gasteiger partial charge < -0.3 is 11.1 Å². The van der Waals surface area contributed by atoms with Gasteiger partial charge in [0.25, 0.3) is 0 Å². The number of fused-ring (bicyclic) bond motifs is 1. The zero-order valence-electron chi connectivity index (χ0n) is 13.5. The lowest BCUT2D eigenvalue weighted by molar-refractivity contribution is -0.117. The van der Waals surface area contributed by atoms with Crippen molar-refractivity contribution in [3.05, 3.63) is 42.4 Å². The first-order chi connectivity index (χ1) is 12.6. The molecule has 0 bridgehead atoms. The first kappa shape index (κ1) is 15.9. The molecule has 2 atom stereocenters. The van der Waals surface area contributed by atoms with E-state index in [0.29, 0.717) is 33.4 Å². The average Bonchev–Trinajstić information content (AvgIpc) is 3.38. The molecule has 7 nitrogen and oxygen atoms in total. The predicted molar refractivity (Wildman–Crippen MR) is 93.5 cm³/mol. The van der Waals surface area contributed by atoms with Gasteiger partial charge in [0.2, 0.25) is 5.91 Å². The number of rotatable bonds is 3. The molecule has 1 aliphatic carbocycles. The van der Waals surface area contributed by atoms with Crippen LogP contribution in [0.15, 0.2) is 36.8 Å². The van der Waals surface area contributed by atoms with Crippen LogP contribution in [0.5, 0.6) is 0 Å². The van der Waals surface area contributed by atoms with Crippen molar-refractivity contribution in [1.82, 2.24) is 15.0 Å². The summed E-state index contributed by atoms with van der Waals surface area (Å²) in [6.45, 7) is 0. The van der Waals surface area contributed by atoms with E-state index in [4.69, 9.17) is 5.73 Å². The van der Waals surface area contributed by atoms with E-state index in [1.165, 1.54) is 12.4 Å². The van der Waals surface area contributed by atoms with E-state index >= 15 is 0 Å². The molecule has 128 valence electrons. The van der Waals surface area contributed by atoms with Crippen LogP contribution in [0.4, 0.5) is 16.0 Å². The molecule has 0 spiro atoms. The molecule has 3 aromatic rings. The van der Waals surface area contributed by atoms with E-state index in [2.05, 4.69) is 26.3 Å². The van der Waals surface area contributed by atoms with Gasteiger partial charge in [-0.2, -0.15) is 5.26 Å². The van der Waals surface area contributed by atoms with Crippen molar-refractivity contribution in [2.45, 2.75) is 12.6 Å². The average molecular weight is 348 g/mol. The van der Waals surface area contributed by atoms with E-state index < -0.39 is 12.1 Å². The Balaban J connectivity index is 1.75. The molecule has 1 fully saturated rings. The maximum absolute atomic E-state index is 13.0. The summed E-state index contributed by atoms with van der Waals surface area (Å²) < 4.78 is 13.0. The Labute approximate surface area is 147 Å². The number of nitriles is 1. The van der Waals surface area contributed by atoms with E-state index in [1.807, 2.05) is 0 Å². The summed E-state index contributed by atoms with van der Waals surface area (Å²) in [5.74, 6) is -0.420. The smallest absolute Gasteiger partial charge is 0.231 e. The van der Waals surface area contributed by atoms with Gasteiger partial charge in [-0.25, -0.2) is 14.4 Å². The lowest BCUT2D eigenvalue weighted by Gasteiger charge is -2.09. The van der Waals surface area contributed by atoms with Gasteiger partial charge in [-0.1, -0.05) is 0 Å². The molecule has 0 radical (unpaired) electrons. The highest BCUT2D eigenvalue weighted by molar-refractivity contribution is 5.98. The maximum Gasteiger partial charge on any atom is 0.231 e. The number of nitrogens with zero attached hydrogens (tertiary/aromatic N) is 4. The Bertz CT molecular complexity index is 1080. The van der Waals surface area contributed by atoms with E-state index in [1.54, 1.807) is 24.4 Å². The number of carbonyl (C=O) groups is 1. The minimum absolute atomic E-state index is 0.248. The van der Waals surface area contributed by atoms with Crippen LogP contribution in [0.1, 0.15) is 12.0 Å². The van der Waals surface area contributed by atoms with E-state index in [0.717, 1.165) is 0 Å². The van der Waals surface area contributed by atoms with E-state index in [-0.39, 0.29) is 18.1 Å². The maximum atomic E-state index is 13.0. The number of carbonyl (C=O) groups excluding carboxylic acids is 1. The van der Waals surface area contributed by atoms with Crippen LogP contribution in [-0.2, 0) is 4.79 Å². The first-order valence-corrected chi connectivity index (χ1v) is 7.92. The lowest BCUT2D eigenvalue weighted by Crippen LogP contribution is -2.15. The normalized spacial score (nSPS) is 18.3. The molecule has 2 unspecified atom stereocenters. The number of alkyl halides is 1. The lowest BCUT2D eigenvalue weighted by atomic mass is 10.1. The SMILES string of the molecule is N#Cc1ccncc1-c1cc2cc(NC(=O)C3CC3F)ncc2c(N)n1. The summed E-state index contributed by atoms with van der Waals surface area (Å²) in [5.41, 5.74) is 7.50. The van der Waals surface area contributed by atoms with Crippen molar-refractivity contribution in [2.24, 2.45) is 5.92 Å². The number of anilines is 2. The van der Waals surface area contributed by atoms with Crippen LogP contribution >= 0.6 is 0 Å². The molecule has 1 aliphatic rings. The number of pyridine rings is 3. The standard InChI is InChI=1S/C18H13FN6O/c19-14-5-11(14)18(26)25-16-4-10-3-15(24-17(21)13(10)8-23-16)12-7-22-2-1-9(12)6-20/h1-4,7-8,11,14H,5H2,(H2,21,24)(H,23,25,26). The van der Waals surface area contributed by atoms with E-state index in [9.17, 15) is 14.4 Å². The molecule has 3 N–H and O–H groups in total. The van der Waals surface area contributed by atoms with Crippen molar-refractivity contribution >= 4 is 28.3 Å². The van der Waals surface area contributed by atoms with Crippen molar-refractivity contribution < 1.29 is 9.18 Å². The summed E-state index contributed by atoms with van der Waals surface area (Å²) in [4.78, 5) is 24.4. The Morgan fingerprint density at radius 3 is 2.92 bits per heavy atom. The fourth-order valence-corrected chi connectivity index (χ4v) is 2.73. The molecule has 3 aromatic heterocycles. The van der Waals surface area contributed by atoms with Gasteiger partial charge in [-0.3, -0.25) is 9.78 Å². The highest BCUT2D eigenvalue weighted by atomic mass is 19.1. The first-order valence-electron chi connectivity index (χ1n) is 7.92. The van der Waals surface area contributed by atoms with Crippen molar-refractivity contribution in [3.8, 4) is 17.3 Å². The molecule has 0 aromatic carbocycles. The van der Waals surface area contributed by atoms with Gasteiger partial charge in [0.1, 0.15) is 17.8 Å². The van der Waals surface area contributed by atoms with Crippen LogP contribution in [-0.4, -0.2) is 27.0 Å². The van der Waals surface area contributed by atoms with Crippen molar-refractivity contribution in [1.29, 1.82) is 5.26 Å². The second-order valence-corrected chi connectivity index (χ2v) is 6.06. The summed E-state index contributed by atoms with van der Waals surface area (Å²) >= 11 is 0. The Kier molecular flexibility index (Phi) is 3.69. The largest absolute Gasteiger partial charge is 0.383 e. The fraction of sp³-hybridized carbons (Fsp3) is 0.167. The number of amides is 1. The molecule has 26 heavy (non-hydrogen) atoms. The van der Waals surface area contributed by atoms with Crippen molar-refractivity contribution in [3.63, 3.8) is 0 Å². The van der Waals surface area contributed by atoms with Gasteiger partial charge in [0.05, 0.1) is 23.2 Å². The van der Waals surface area contributed by atoms with Gasteiger partial charge in [0.15, 0.2) is 0 Å². The molecule has 1 saturated carbocycles. The Hall–Kier alpha value is -3.60. The minimum Gasteiger partial charge on any atom is -0.383 e. The quantitative estimate of drug-likeness (QED) is 0.750. The Morgan fingerprint density at radius 1 is 1.38 bits per heavy atom. The number of halogens is 1. The predicted octanol–water partition coefficient (Wildman–Crippen LogP) is 2.44. The summed E-state index contributed by atoms with van der Waals surface area (Å²) in [6.07, 6.45) is 3.76. The van der Waals surface area contributed by atoms with Crippen LogP contribution in [0, 0.1) is 17.2 Å². The number of hydrogen-bond donors (Lipinski definition) is 2. The summed E-state index contributed by atoms with van der Waals surface area (Å²) in [7, 11) is 0. The molecule has 0 aliphatic heterocycles. The van der Waals surface area contributed by atoms with Gasteiger partial charge >= 0.3 is 0 Å². The van der Waals surface area contributed by atoms with Crippen LogP contribution in [0.3, 0.4) is 0 Å². The van der Waals surface area contributed by atoms with Gasteiger partial charge in [-0.05, 0) is 30.0 Å². The van der Waals surface area contributed by atoms with Gasteiger partial charge in [0, 0.05) is 29.5 Å². The zero-order chi connectivity index (χ0) is 18.3. The molecule has 4 rings (SSSR count). The minimum atomic E-state index is -1.07. The number of nitrogen functional groups attached to an aromatic ring is 1. The third-order valence-corrected chi connectivity index (χ3v) is 4.26. The number of aromatic nitrogens is 3. The molecule has 0 saturated heterocycles. The third-order valence-electron chi connectivity index (χ3n) is 4.26. The molecule has 8 heteroatoms. The second-order valence-electron chi connectivity index (χ2n) is 6.06. The van der Waals surface area contributed by atoms with Crippen molar-refractivity contribution in [2.75, 3.05) is 11.1 Å². The molecule has 1 amide bonds. The zero-order valence-corrected chi connectivity index (χ0v) is 13.5. The molecule has 3 heterocycles. The highest BCUT2D eigenvalue weighted by Crippen LogP contribution is 2.35. The highest BCUT2D eigenvalue weighted by Gasteiger charge is 2.43. The molecular formula is C18H13FN6O. The Morgan fingerprint density at radius 2 is 2.19 bits per heavy atom.